The molecular weight excluding hydrogens is 381 g/mol. The predicted molar refractivity (Wildman–Crippen MR) is 117 cm³/mol. The van der Waals surface area contributed by atoms with Gasteiger partial charge in [0.1, 0.15) is 11.6 Å². The van der Waals surface area contributed by atoms with E-state index in [0.29, 0.717) is 0 Å². The highest BCUT2D eigenvalue weighted by Crippen LogP contribution is 2.13. The van der Waals surface area contributed by atoms with Gasteiger partial charge in [-0.25, -0.2) is 14.1 Å². The summed E-state index contributed by atoms with van der Waals surface area (Å²) in [5.41, 5.74) is 1.82. The highest BCUT2D eigenvalue weighted by Gasteiger charge is 2.20. The first-order chi connectivity index (χ1) is 14.7. The molecule has 1 saturated heterocycles. The van der Waals surface area contributed by atoms with Gasteiger partial charge in [0.2, 0.25) is 0 Å². The van der Waals surface area contributed by atoms with Crippen molar-refractivity contribution in [3.8, 4) is 5.69 Å². The zero-order valence-electron chi connectivity index (χ0n) is 17.1. The third-order valence-electron chi connectivity index (χ3n) is 5.16. The van der Waals surface area contributed by atoms with Crippen molar-refractivity contribution in [3.63, 3.8) is 0 Å². The first kappa shape index (κ1) is 19.9. The first-order valence-electron chi connectivity index (χ1n) is 10.1. The van der Waals surface area contributed by atoms with Gasteiger partial charge in [0, 0.05) is 58.6 Å². The molecule has 3 aromatic rings. The summed E-state index contributed by atoms with van der Waals surface area (Å²) < 4.78 is 14.9. The third kappa shape index (κ3) is 4.76. The van der Waals surface area contributed by atoms with Crippen molar-refractivity contribution >= 4 is 11.8 Å². The second-order valence-electron chi connectivity index (χ2n) is 7.11. The van der Waals surface area contributed by atoms with Gasteiger partial charge in [0.15, 0.2) is 5.96 Å². The van der Waals surface area contributed by atoms with E-state index in [1.54, 1.807) is 16.8 Å². The molecule has 3 heterocycles. The Bertz CT molecular complexity index is 961. The number of anilines is 1. The van der Waals surface area contributed by atoms with Gasteiger partial charge in [-0.05, 0) is 42.5 Å². The largest absolute Gasteiger partial charge is 0.356 e. The van der Waals surface area contributed by atoms with Gasteiger partial charge >= 0.3 is 0 Å². The van der Waals surface area contributed by atoms with Crippen LogP contribution in [0, 0.1) is 5.82 Å². The Hall–Kier alpha value is -3.42. The molecule has 4 rings (SSSR count). The van der Waals surface area contributed by atoms with E-state index in [1.165, 1.54) is 12.1 Å². The Balaban J connectivity index is 1.26. The lowest BCUT2D eigenvalue weighted by Crippen LogP contribution is -2.53. The number of hydrogen-bond donors (Lipinski definition) is 1. The SMILES string of the molecule is CN=C(NCCc1ccn(-c2ccc(F)cc2)n1)N1CCN(c2ccccn2)CC1. The summed E-state index contributed by atoms with van der Waals surface area (Å²) in [6.07, 6.45) is 4.51. The monoisotopic (exact) mass is 407 g/mol. The molecule has 0 radical (unpaired) electrons. The predicted octanol–water partition coefficient (Wildman–Crippen LogP) is 2.35. The number of nitrogens with one attached hydrogen (secondary N) is 1. The summed E-state index contributed by atoms with van der Waals surface area (Å²) in [5, 5.41) is 8.02. The molecule has 1 fully saturated rings. The van der Waals surface area contributed by atoms with Gasteiger partial charge < -0.3 is 15.1 Å². The molecule has 2 aromatic heterocycles. The summed E-state index contributed by atoms with van der Waals surface area (Å²) >= 11 is 0. The Labute approximate surface area is 175 Å². The minimum Gasteiger partial charge on any atom is -0.356 e. The van der Waals surface area contributed by atoms with Gasteiger partial charge in [0.05, 0.1) is 11.4 Å². The normalized spacial score (nSPS) is 14.8. The van der Waals surface area contributed by atoms with E-state index in [4.69, 9.17) is 0 Å². The minimum atomic E-state index is -0.248. The molecule has 0 unspecified atom stereocenters. The molecule has 7 nitrogen and oxygen atoms in total. The maximum atomic E-state index is 13.1. The smallest absolute Gasteiger partial charge is 0.193 e. The average Bonchev–Trinajstić information content (AvgIpc) is 3.27. The summed E-state index contributed by atoms with van der Waals surface area (Å²) in [4.78, 5) is 13.4. The number of halogens is 1. The number of guanidine groups is 1. The van der Waals surface area contributed by atoms with Crippen LogP contribution in [0.25, 0.3) is 5.69 Å². The lowest BCUT2D eigenvalue weighted by atomic mass is 10.3. The molecule has 30 heavy (non-hydrogen) atoms. The van der Waals surface area contributed by atoms with Crippen molar-refractivity contribution in [3.05, 3.63) is 72.4 Å². The second kappa shape index (κ2) is 9.39. The maximum absolute atomic E-state index is 13.1. The lowest BCUT2D eigenvalue weighted by molar-refractivity contribution is 0.371. The minimum absolute atomic E-state index is 0.248. The molecule has 1 aliphatic rings. The summed E-state index contributed by atoms with van der Waals surface area (Å²) in [6, 6.07) is 14.3. The van der Waals surface area contributed by atoms with E-state index in [0.717, 1.165) is 62.3 Å². The number of benzene rings is 1. The molecule has 1 aromatic carbocycles. The number of hydrogen-bond acceptors (Lipinski definition) is 4. The average molecular weight is 407 g/mol. The van der Waals surface area contributed by atoms with Gasteiger partial charge in [-0.3, -0.25) is 4.99 Å². The molecule has 156 valence electrons. The topological polar surface area (TPSA) is 61.6 Å². The van der Waals surface area contributed by atoms with E-state index in [-0.39, 0.29) is 5.82 Å². The fraction of sp³-hybridized carbons (Fsp3) is 0.318. The summed E-state index contributed by atoms with van der Waals surface area (Å²) in [5.74, 6) is 1.69. The van der Waals surface area contributed by atoms with Crippen molar-refractivity contribution in [1.29, 1.82) is 0 Å². The number of rotatable bonds is 5. The molecule has 1 N–H and O–H groups in total. The molecule has 0 amide bonds. The Kier molecular flexibility index (Phi) is 6.22. The van der Waals surface area contributed by atoms with E-state index in [9.17, 15) is 4.39 Å². The maximum Gasteiger partial charge on any atom is 0.193 e. The van der Waals surface area contributed by atoms with Crippen LogP contribution >= 0.6 is 0 Å². The zero-order valence-corrected chi connectivity index (χ0v) is 17.1. The summed E-state index contributed by atoms with van der Waals surface area (Å²) in [7, 11) is 1.82. The van der Waals surface area contributed by atoms with E-state index < -0.39 is 0 Å². The third-order valence-corrected chi connectivity index (χ3v) is 5.16. The van der Waals surface area contributed by atoms with Crippen molar-refractivity contribution in [2.45, 2.75) is 6.42 Å². The van der Waals surface area contributed by atoms with Crippen LogP contribution < -0.4 is 10.2 Å². The molecule has 8 heteroatoms. The number of aromatic nitrogens is 3. The quantitative estimate of drug-likeness (QED) is 0.520. The Morgan fingerprint density at radius 3 is 2.57 bits per heavy atom. The van der Waals surface area contributed by atoms with Crippen molar-refractivity contribution in [2.24, 2.45) is 4.99 Å². The fourth-order valence-electron chi connectivity index (χ4n) is 3.56. The second-order valence-corrected chi connectivity index (χ2v) is 7.11. The molecule has 1 aliphatic heterocycles. The van der Waals surface area contributed by atoms with Gasteiger partial charge in [-0.2, -0.15) is 5.10 Å². The van der Waals surface area contributed by atoms with Crippen molar-refractivity contribution in [2.75, 3.05) is 44.7 Å². The zero-order chi connectivity index (χ0) is 20.8. The molecule has 0 spiro atoms. The van der Waals surface area contributed by atoms with Crippen LogP contribution in [-0.2, 0) is 6.42 Å². The van der Waals surface area contributed by atoms with E-state index in [2.05, 4.69) is 30.2 Å². The summed E-state index contributed by atoms with van der Waals surface area (Å²) in [6.45, 7) is 4.37. The highest BCUT2D eigenvalue weighted by molar-refractivity contribution is 5.80. The number of pyridine rings is 1. The number of aliphatic imine (C=N–C) groups is 1. The van der Waals surface area contributed by atoms with Crippen LogP contribution in [0.1, 0.15) is 5.69 Å². The van der Waals surface area contributed by atoms with Crippen LogP contribution in [0.15, 0.2) is 65.9 Å². The Morgan fingerprint density at radius 2 is 1.87 bits per heavy atom. The van der Waals surface area contributed by atoms with Gasteiger partial charge in [-0.1, -0.05) is 6.07 Å². The lowest BCUT2D eigenvalue weighted by Gasteiger charge is -2.37. The molecule has 0 bridgehead atoms. The van der Waals surface area contributed by atoms with Gasteiger partial charge in [-0.15, -0.1) is 0 Å². The van der Waals surface area contributed by atoms with E-state index in [1.807, 2.05) is 43.7 Å². The molecular formula is C22H26FN7. The van der Waals surface area contributed by atoms with Crippen LogP contribution in [0.4, 0.5) is 10.2 Å². The van der Waals surface area contributed by atoms with Crippen LogP contribution in [0.3, 0.4) is 0 Å². The van der Waals surface area contributed by atoms with Gasteiger partial charge in [0.25, 0.3) is 0 Å². The molecule has 0 atom stereocenters. The fourth-order valence-corrected chi connectivity index (χ4v) is 3.56. The highest BCUT2D eigenvalue weighted by atomic mass is 19.1. The number of piperazine rings is 1. The van der Waals surface area contributed by atoms with Crippen molar-refractivity contribution < 1.29 is 4.39 Å². The van der Waals surface area contributed by atoms with Crippen LogP contribution in [0.2, 0.25) is 0 Å². The molecule has 0 saturated carbocycles. The number of nitrogens with zero attached hydrogens (tertiary/aromatic N) is 6. The van der Waals surface area contributed by atoms with Crippen LogP contribution in [0.5, 0.6) is 0 Å². The molecule has 0 aliphatic carbocycles. The Morgan fingerprint density at radius 1 is 1.07 bits per heavy atom. The van der Waals surface area contributed by atoms with Crippen LogP contribution in [-0.4, -0.2) is 65.4 Å². The van der Waals surface area contributed by atoms with E-state index >= 15 is 0 Å². The van der Waals surface area contributed by atoms with Crippen molar-refractivity contribution in [1.82, 2.24) is 25.0 Å². The first-order valence-corrected chi connectivity index (χ1v) is 10.1. The standard InChI is InChI=1S/C22H26FN7/c1-24-22(29-16-14-28(15-17-29)21-4-2-3-11-25-21)26-12-9-19-10-13-30(27-19)20-7-5-18(23)6-8-20/h2-8,10-11,13H,9,12,14-17H2,1H3,(H,24,26).